The number of rotatable bonds is 5. The molecular formula is C17H11Cl2N3O3S. The van der Waals surface area contributed by atoms with Crippen LogP contribution in [0.2, 0.25) is 10.0 Å². The number of thiazole rings is 1. The highest BCUT2D eigenvalue weighted by atomic mass is 35.5. The molecule has 1 aromatic heterocycles. The van der Waals surface area contributed by atoms with E-state index in [4.69, 9.17) is 23.2 Å². The van der Waals surface area contributed by atoms with Gasteiger partial charge in [-0.1, -0.05) is 35.3 Å². The van der Waals surface area contributed by atoms with E-state index >= 15 is 0 Å². The van der Waals surface area contributed by atoms with Crippen LogP contribution in [-0.2, 0) is 6.42 Å². The highest BCUT2D eigenvalue weighted by Crippen LogP contribution is 2.26. The van der Waals surface area contributed by atoms with Crippen LogP contribution in [0.25, 0.3) is 0 Å². The summed E-state index contributed by atoms with van der Waals surface area (Å²) in [4.78, 5) is 27.6. The van der Waals surface area contributed by atoms with Crippen LogP contribution in [0.1, 0.15) is 20.8 Å². The Morgan fingerprint density at radius 3 is 2.58 bits per heavy atom. The van der Waals surface area contributed by atoms with Crippen molar-refractivity contribution in [1.82, 2.24) is 4.98 Å². The van der Waals surface area contributed by atoms with Gasteiger partial charge in [-0.25, -0.2) is 4.98 Å². The number of nitro groups is 1. The van der Waals surface area contributed by atoms with Crippen molar-refractivity contribution >= 4 is 51.3 Å². The average Bonchev–Trinajstić information content (AvgIpc) is 3.03. The van der Waals surface area contributed by atoms with Gasteiger partial charge in [-0.2, -0.15) is 0 Å². The molecule has 0 radical (unpaired) electrons. The first-order valence-corrected chi connectivity index (χ1v) is 8.94. The zero-order chi connectivity index (χ0) is 18.7. The third-order valence-electron chi connectivity index (χ3n) is 3.47. The molecule has 0 saturated heterocycles. The van der Waals surface area contributed by atoms with Crippen LogP contribution in [0.5, 0.6) is 0 Å². The fraction of sp³-hybridized carbons (Fsp3) is 0.0588. The standard InChI is InChI=1S/C17H11Cl2N3O3S/c18-11-3-1-10(2-4-11)7-13-9-20-17(26-13)21-16(23)14-6-5-12(22(24)25)8-15(14)19/h1-6,8-9H,7H2,(H,20,21,23). The summed E-state index contributed by atoms with van der Waals surface area (Å²) < 4.78 is 0. The number of nitrogens with one attached hydrogen (secondary N) is 1. The van der Waals surface area contributed by atoms with Gasteiger partial charge in [0.15, 0.2) is 5.13 Å². The van der Waals surface area contributed by atoms with Crippen LogP contribution in [0.3, 0.4) is 0 Å². The van der Waals surface area contributed by atoms with Crippen molar-refractivity contribution in [2.24, 2.45) is 0 Å². The smallest absolute Gasteiger partial charge is 0.270 e. The monoisotopic (exact) mass is 407 g/mol. The van der Waals surface area contributed by atoms with Crippen molar-refractivity contribution in [3.8, 4) is 0 Å². The molecule has 6 nitrogen and oxygen atoms in total. The molecule has 0 unspecified atom stereocenters. The summed E-state index contributed by atoms with van der Waals surface area (Å²) in [6.07, 6.45) is 2.36. The number of halogens is 2. The van der Waals surface area contributed by atoms with Gasteiger partial charge in [0.1, 0.15) is 0 Å². The van der Waals surface area contributed by atoms with Gasteiger partial charge >= 0.3 is 0 Å². The number of amides is 1. The number of carbonyl (C=O) groups excluding carboxylic acids is 1. The fourth-order valence-electron chi connectivity index (χ4n) is 2.22. The molecule has 0 aliphatic rings. The van der Waals surface area contributed by atoms with Crippen LogP contribution in [0.15, 0.2) is 48.7 Å². The molecule has 3 rings (SSSR count). The molecule has 132 valence electrons. The fourth-order valence-corrected chi connectivity index (χ4v) is 3.44. The topological polar surface area (TPSA) is 85.1 Å². The Bertz CT molecular complexity index is 974. The lowest BCUT2D eigenvalue weighted by Gasteiger charge is -2.04. The maximum absolute atomic E-state index is 12.3. The number of benzene rings is 2. The molecule has 0 saturated carbocycles. The summed E-state index contributed by atoms with van der Waals surface area (Å²) in [5, 5.41) is 14.5. The second-order valence-corrected chi connectivity index (χ2v) is 7.27. The Balaban J connectivity index is 1.69. The SMILES string of the molecule is O=C(Nc1ncc(Cc2ccc(Cl)cc2)s1)c1ccc([N+](=O)[O-])cc1Cl. The summed E-state index contributed by atoms with van der Waals surface area (Å²) in [5.74, 6) is -0.475. The van der Waals surface area contributed by atoms with E-state index in [1.165, 1.54) is 23.5 Å². The van der Waals surface area contributed by atoms with Gasteiger partial charge in [-0.3, -0.25) is 20.2 Å². The van der Waals surface area contributed by atoms with Gasteiger partial charge in [0.05, 0.1) is 15.5 Å². The minimum atomic E-state index is -0.572. The second-order valence-electron chi connectivity index (χ2n) is 5.31. The average molecular weight is 408 g/mol. The maximum atomic E-state index is 12.3. The number of nitrogens with zero attached hydrogens (tertiary/aromatic N) is 2. The Morgan fingerprint density at radius 1 is 1.19 bits per heavy atom. The predicted octanol–water partition coefficient (Wildman–Crippen LogP) is 5.20. The number of non-ortho nitro benzene ring substituents is 1. The molecule has 0 fully saturated rings. The van der Waals surface area contributed by atoms with Gasteiger partial charge in [-0.05, 0) is 23.8 Å². The zero-order valence-corrected chi connectivity index (χ0v) is 15.4. The van der Waals surface area contributed by atoms with Crippen molar-refractivity contribution in [2.45, 2.75) is 6.42 Å². The quantitative estimate of drug-likeness (QED) is 0.464. The van der Waals surface area contributed by atoms with Crippen LogP contribution >= 0.6 is 34.5 Å². The van der Waals surface area contributed by atoms with Gasteiger partial charge in [0.25, 0.3) is 11.6 Å². The molecule has 26 heavy (non-hydrogen) atoms. The van der Waals surface area contributed by atoms with E-state index in [9.17, 15) is 14.9 Å². The van der Waals surface area contributed by atoms with Crippen molar-refractivity contribution in [3.63, 3.8) is 0 Å². The molecule has 0 aliphatic carbocycles. The van der Waals surface area contributed by atoms with E-state index in [-0.39, 0.29) is 16.3 Å². The third kappa shape index (κ3) is 4.37. The van der Waals surface area contributed by atoms with E-state index < -0.39 is 10.8 Å². The van der Waals surface area contributed by atoms with Crippen LogP contribution in [0.4, 0.5) is 10.8 Å². The van der Waals surface area contributed by atoms with E-state index in [1.807, 2.05) is 24.3 Å². The molecule has 0 spiro atoms. The van der Waals surface area contributed by atoms with Gasteiger partial charge < -0.3 is 0 Å². The first-order valence-electron chi connectivity index (χ1n) is 7.37. The highest BCUT2D eigenvalue weighted by Gasteiger charge is 2.16. The molecule has 9 heteroatoms. The summed E-state index contributed by atoms with van der Waals surface area (Å²) in [6, 6.07) is 11.2. The molecule has 1 heterocycles. The van der Waals surface area contributed by atoms with Gasteiger partial charge in [-0.15, -0.1) is 11.3 Å². The van der Waals surface area contributed by atoms with Crippen molar-refractivity contribution in [2.75, 3.05) is 5.32 Å². The number of carbonyl (C=O) groups is 1. The maximum Gasteiger partial charge on any atom is 0.270 e. The lowest BCUT2D eigenvalue weighted by atomic mass is 10.1. The molecule has 1 N–H and O–H groups in total. The van der Waals surface area contributed by atoms with Crippen molar-refractivity contribution in [3.05, 3.63) is 84.8 Å². The van der Waals surface area contributed by atoms with E-state index in [2.05, 4.69) is 10.3 Å². The molecule has 2 aromatic carbocycles. The Kier molecular flexibility index (Phi) is 5.51. The zero-order valence-electron chi connectivity index (χ0n) is 13.1. The summed E-state index contributed by atoms with van der Waals surface area (Å²) in [5.41, 5.74) is 1.05. The highest BCUT2D eigenvalue weighted by molar-refractivity contribution is 7.15. The summed E-state index contributed by atoms with van der Waals surface area (Å²) >= 11 is 13.2. The number of aromatic nitrogens is 1. The normalized spacial score (nSPS) is 10.5. The van der Waals surface area contributed by atoms with Crippen LogP contribution < -0.4 is 5.32 Å². The molecule has 1 amide bonds. The third-order valence-corrected chi connectivity index (χ3v) is 4.95. The van der Waals surface area contributed by atoms with E-state index in [1.54, 1.807) is 6.20 Å². The number of hydrogen-bond donors (Lipinski definition) is 1. The number of nitro benzene ring substituents is 1. The van der Waals surface area contributed by atoms with Gasteiger partial charge in [0, 0.05) is 34.7 Å². The Morgan fingerprint density at radius 2 is 1.92 bits per heavy atom. The molecule has 0 aliphatic heterocycles. The first-order chi connectivity index (χ1) is 12.4. The molecule has 3 aromatic rings. The first kappa shape index (κ1) is 18.3. The van der Waals surface area contributed by atoms with E-state index in [0.29, 0.717) is 16.6 Å². The largest absolute Gasteiger partial charge is 0.298 e. The number of anilines is 1. The molecule has 0 atom stereocenters. The second kappa shape index (κ2) is 7.82. The lowest BCUT2D eigenvalue weighted by Crippen LogP contribution is -2.12. The minimum Gasteiger partial charge on any atom is -0.298 e. The van der Waals surface area contributed by atoms with Crippen molar-refractivity contribution < 1.29 is 9.72 Å². The Hall–Kier alpha value is -2.48. The van der Waals surface area contributed by atoms with Gasteiger partial charge in [0.2, 0.25) is 0 Å². The Labute approximate surface area is 162 Å². The van der Waals surface area contributed by atoms with Crippen LogP contribution in [0, 0.1) is 10.1 Å². The summed E-state index contributed by atoms with van der Waals surface area (Å²) in [7, 11) is 0. The minimum absolute atomic E-state index is 0.00893. The van der Waals surface area contributed by atoms with Crippen molar-refractivity contribution in [1.29, 1.82) is 0 Å². The lowest BCUT2D eigenvalue weighted by molar-refractivity contribution is -0.384. The molecule has 0 bridgehead atoms. The summed E-state index contributed by atoms with van der Waals surface area (Å²) in [6.45, 7) is 0. The number of hydrogen-bond acceptors (Lipinski definition) is 5. The predicted molar refractivity (Wildman–Crippen MR) is 102 cm³/mol. The van der Waals surface area contributed by atoms with E-state index in [0.717, 1.165) is 16.5 Å². The molecular weight excluding hydrogens is 397 g/mol. The van der Waals surface area contributed by atoms with Crippen LogP contribution in [-0.4, -0.2) is 15.8 Å².